The predicted octanol–water partition coefficient (Wildman–Crippen LogP) is 3.02. The summed E-state index contributed by atoms with van der Waals surface area (Å²) in [5.41, 5.74) is 2.74. The van der Waals surface area contributed by atoms with Gasteiger partial charge in [0.05, 0.1) is 16.7 Å². The van der Waals surface area contributed by atoms with E-state index in [1.807, 2.05) is 48.8 Å². The summed E-state index contributed by atoms with van der Waals surface area (Å²) in [6, 6.07) is 6.00. The first-order valence-corrected chi connectivity index (χ1v) is 6.70. The van der Waals surface area contributed by atoms with E-state index in [0.717, 1.165) is 28.1 Å². The number of aryl methyl sites for hydroxylation is 1. The monoisotopic (exact) mass is 271 g/mol. The minimum Gasteiger partial charge on any atom is -0.371 e. The second-order valence-corrected chi connectivity index (χ2v) is 5.30. The van der Waals surface area contributed by atoms with E-state index in [1.54, 1.807) is 20.9 Å². The van der Waals surface area contributed by atoms with Gasteiger partial charge in [0.15, 0.2) is 0 Å². The van der Waals surface area contributed by atoms with Gasteiger partial charge in [0.25, 0.3) is 0 Å². The highest BCUT2D eigenvalue weighted by Gasteiger charge is 2.21. The quantitative estimate of drug-likeness (QED) is 0.872. The molecule has 1 aromatic heterocycles. The van der Waals surface area contributed by atoms with Gasteiger partial charge in [-0.2, -0.15) is 0 Å². The van der Waals surface area contributed by atoms with Crippen LogP contribution in [-0.4, -0.2) is 27.4 Å². The average molecular weight is 271 g/mol. The Morgan fingerprint density at radius 2 is 2.10 bits per heavy atom. The van der Waals surface area contributed by atoms with Crippen LogP contribution >= 0.6 is 0 Å². The zero-order valence-electron chi connectivity index (χ0n) is 12.7. The summed E-state index contributed by atoms with van der Waals surface area (Å²) < 4.78 is 1.84. The van der Waals surface area contributed by atoms with Crippen molar-refractivity contribution in [1.29, 1.82) is 0 Å². The summed E-state index contributed by atoms with van der Waals surface area (Å²) in [6.07, 6.45) is 3.93. The van der Waals surface area contributed by atoms with Crippen LogP contribution < -0.4 is 0 Å². The molecule has 2 rings (SSSR count). The lowest BCUT2D eigenvalue weighted by molar-refractivity contribution is 0.00390. The van der Waals surface area contributed by atoms with E-state index in [2.05, 4.69) is 9.98 Å². The summed E-state index contributed by atoms with van der Waals surface area (Å²) in [5, 5.41) is 10.3. The van der Waals surface area contributed by atoms with Crippen molar-refractivity contribution in [3.05, 3.63) is 41.7 Å². The van der Waals surface area contributed by atoms with Gasteiger partial charge < -0.3 is 5.11 Å². The van der Waals surface area contributed by atoms with Gasteiger partial charge >= 0.3 is 0 Å². The molecule has 2 aromatic rings. The highest BCUT2D eigenvalue weighted by molar-refractivity contribution is 6.10. The van der Waals surface area contributed by atoms with Crippen molar-refractivity contribution in [2.24, 2.45) is 4.99 Å². The minimum atomic E-state index is -0.985. The third-order valence-corrected chi connectivity index (χ3v) is 3.23. The molecule has 0 spiro atoms. The largest absolute Gasteiger partial charge is 0.371 e. The molecular formula is C16H21N3O. The summed E-state index contributed by atoms with van der Waals surface area (Å²) >= 11 is 0. The van der Waals surface area contributed by atoms with Crippen LogP contribution in [0.25, 0.3) is 11.0 Å². The first-order chi connectivity index (χ1) is 9.38. The molecule has 0 saturated heterocycles. The molecule has 0 aliphatic rings. The van der Waals surface area contributed by atoms with Crippen LogP contribution in [0.3, 0.4) is 0 Å². The van der Waals surface area contributed by atoms with Crippen LogP contribution in [0, 0.1) is 6.92 Å². The van der Waals surface area contributed by atoms with Crippen molar-refractivity contribution in [1.82, 2.24) is 9.55 Å². The van der Waals surface area contributed by atoms with Crippen molar-refractivity contribution in [3.8, 4) is 0 Å². The minimum absolute atomic E-state index is 0.797. The molecule has 0 radical (unpaired) electrons. The number of nitrogens with zero attached hydrogens (tertiary/aromatic N) is 3. The fourth-order valence-electron chi connectivity index (χ4n) is 2.50. The Morgan fingerprint density at radius 1 is 1.40 bits per heavy atom. The van der Waals surface area contributed by atoms with Gasteiger partial charge in [-0.05, 0) is 45.9 Å². The van der Waals surface area contributed by atoms with Crippen molar-refractivity contribution in [3.63, 3.8) is 0 Å². The maximum absolute atomic E-state index is 10.3. The fraction of sp³-hybridized carbons (Fsp3) is 0.375. The van der Waals surface area contributed by atoms with Crippen LogP contribution in [0.2, 0.25) is 0 Å². The standard InChI is InChI=1S/C16H21N3O/c1-6-7-13(17-5)12-8-9-14-15(10-12)19(11(2)18-14)16(3,4)20/h6-10,20H,1-5H3/b7-6-,17-13?. The normalized spacial score (nSPS) is 13.6. The lowest BCUT2D eigenvalue weighted by atomic mass is 10.1. The smallest absolute Gasteiger partial charge is 0.137 e. The van der Waals surface area contributed by atoms with Gasteiger partial charge in [-0.15, -0.1) is 0 Å². The zero-order valence-corrected chi connectivity index (χ0v) is 12.7. The molecular weight excluding hydrogens is 250 g/mol. The molecule has 0 saturated carbocycles. The van der Waals surface area contributed by atoms with E-state index >= 15 is 0 Å². The predicted molar refractivity (Wildman–Crippen MR) is 83.3 cm³/mol. The SMILES string of the molecule is C/C=C\C(=NC)c1ccc2nc(C)n(C(C)(C)O)c2c1. The molecule has 1 N–H and O–H groups in total. The first-order valence-electron chi connectivity index (χ1n) is 6.70. The Bertz CT molecular complexity index is 688. The van der Waals surface area contributed by atoms with Gasteiger partial charge in [-0.25, -0.2) is 4.98 Å². The lowest BCUT2D eigenvalue weighted by Crippen LogP contribution is -2.26. The molecule has 1 aromatic carbocycles. The molecule has 0 unspecified atom stereocenters. The number of fused-ring (bicyclic) bond motifs is 1. The Hall–Kier alpha value is -1.94. The summed E-state index contributed by atoms with van der Waals surface area (Å²) in [5.74, 6) is 0.797. The summed E-state index contributed by atoms with van der Waals surface area (Å²) in [4.78, 5) is 8.79. The van der Waals surface area contributed by atoms with E-state index < -0.39 is 5.72 Å². The van der Waals surface area contributed by atoms with Gasteiger partial charge in [-0.1, -0.05) is 12.1 Å². The Kier molecular flexibility index (Phi) is 3.77. The van der Waals surface area contributed by atoms with Crippen LogP contribution in [0.5, 0.6) is 0 Å². The Morgan fingerprint density at radius 3 is 2.65 bits per heavy atom. The summed E-state index contributed by atoms with van der Waals surface area (Å²) in [6.45, 7) is 7.39. The molecule has 0 aliphatic heterocycles. The second-order valence-electron chi connectivity index (χ2n) is 5.30. The van der Waals surface area contributed by atoms with E-state index in [0.29, 0.717) is 0 Å². The molecule has 1 heterocycles. The molecule has 0 fully saturated rings. The lowest BCUT2D eigenvalue weighted by Gasteiger charge is -2.22. The van der Waals surface area contributed by atoms with Crippen molar-refractivity contribution < 1.29 is 5.11 Å². The maximum atomic E-state index is 10.3. The molecule has 0 aliphatic carbocycles. The van der Waals surface area contributed by atoms with Crippen molar-refractivity contribution in [2.75, 3.05) is 7.05 Å². The van der Waals surface area contributed by atoms with Gasteiger partial charge in [0, 0.05) is 12.6 Å². The Balaban J connectivity index is 2.70. The topological polar surface area (TPSA) is 50.4 Å². The number of aromatic nitrogens is 2. The molecule has 106 valence electrons. The molecule has 4 heteroatoms. The maximum Gasteiger partial charge on any atom is 0.137 e. The summed E-state index contributed by atoms with van der Waals surface area (Å²) in [7, 11) is 1.78. The fourth-order valence-corrected chi connectivity index (χ4v) is 2.50. The highest BCUT2D eigenvalue weighted by atomic mass is 16.3. The number of rotatable bonds is 3. The zero-order chi connectivity index (χ0) is 14.9. The van der Waals surface area contributed by atoms with Crippen LogP contribution in [0.4, 0.5) is 0 Å². The first kappa shape index (κ1) is 14.5. The number of hydrogen-bond acceptors (Lipinski definition) is 3. The highest BCUT2D eigenvalue weighted by Crippen LogP contribution is 2.24. The second kappa shape index (κ2) is 5.21. The number of aliphatic imine (C=N–C) groups is 1. The molecule has 4 nitrogen and oxygen atoms in total. The van der Waals surface area contributed by atoms with Crippen molar-refractivity contribution >= 4 is 16.7 Å². The van der Waals surface area contributed by atoms with E-state index in [1.165, 1.54) is 0 Å². The van der Waals surface area contributed by atoms with Gasteiger partial charge in [0.2, 0.25) is 0 Å². The number of aliphatic hydroxyl groups is 1. The molecule has 0 bridgehead atoms. The number of imidazole rings is 1. The number of hydrogen-bond donors (Lipinski definition) is 1. The third kappa shape index (κ3) is 2.51. The average Bonchev–Trinajstić information content (AvgIpc) is 2.70. The number of allylic oxidation sites excluding steroid dienone is 2. The molecule has 20 heavy (non-hydrogen) atoms. The van der Waals surface area contributed by atoms with E-state index in [-0.39, 0.29) is 0 Å². The van der Waals surface area contributed by atoms with Crippen molar-refractivity contribution in [2.45, 2.75) is 33.4 Å². The van der Waals surface area contributed by atoms with Crippen LogP contribution in [0.15, 0.2) is 35.3 Å². The van der Waals surface area contributed by atoms with Gasteiger partial charge in [-0.3, -0.25) is 9.56 Å². The molecule has 0 amide bonds. The molecule has 0 atom stereocenters. The van der Waals surface area contributed by atoms with Crippen LogP contribution in [-0.2, 0) is 5.72 Å². The number of benzene rings is 1. The van der Waals surface area contributed by atoms with Crippen LogP contribution in [0.1, 0.15) is 32.2 Å². The van der Waals surface area contributed by atoms with Gasteiger partial charge in [0.1, 0.15) is 11.5 Å². The van der Waals surface area contributed by atoms with E-state index in [9.17, 15) is 5.11 Å². The van der Waals surface area contributed by atoms with E-state index in [4.69, 9.17) is 0 Å². The third-order valence-electron chi connectivity index (χ3n) is 3.23. The Labute approximate surface area is 119 Å².